The predicted molar refractivity (Wildman–Crippen MR) is 143 cm³/mol. The molecule has 0 fully saturated rings. The molecule has 2 aromatic rings. The topological polar surface area (TPSA) is 172 Å². The van der Waals surface area contributed by atoms with Crippen LogP contribution in [0, 0.1) is 0 Å². The molecule has 0 spiro atoms. The molecule has 2 aliphatic rings. The molecule has 3 heterocycles. The lowest BCUT2D eigenvalue weighted by Crippen LogP contribution is -2.31. The number of pyridine rings is 1. The summed E-state index contributed by atoms with van der Waals surface area (Å²) in [6, 6.07) is 13.3. The van der Waals surface area contributed by atoms with Crippen molar-refractivity contribution in [2.24, 2.45) is 0 Å². The van der Waals surface area contributed by atoms with Crippen LogP contribution in [0.2, 0.25) is 0 Å². The van der Waals surface area contributed by atoms with Gasteiger partial charge in [-0.1, -0.05) is 35.9 Å². The second-order valence-corrected chi connectivity index (χ2v) is 7.60. The number of fused-ring (bicyclic) bond motifs is 1. The number of nitrogens with zero attached hydrogens (tertiary/aromatic N) is 3. The Kier molecular flexibility index (Phi) is 19.3. The second-order valence-electron chi connectivity index (χ2n) is 7.21. The molecule has 1 amide bonds. The zero-order chi connectivity index (χ0) is 20.1. The minimum Gasteiger partial charge on any atom is -0.461 e. The van der Waals surface area contributed by atoms with Gasteiger partial charge in [0.1, 0.15) is 17.2 Å². The van der Waals surface area contributed by atoms with Crippen molar-refractivity contribution in [3.05, 3.63) is 77.4 Å². The molecule has 8 N–H and O–H groups in total. The Morgan fingerprint density at radius 1 is 0.943 bits per heavy atom. The number of amides is 1. The third kappa shape index (κ3) is 9.40. The predicted octanol–water partition coefficient (Wildman–Crippen LogP) is 2.07. The van der Waals surface area contributed by atoms with Gasteiger partial charge in [-0.3, -0.25) is 19.6 Å². The highest BCUT2D eigenvalue weighted by Gasteiger charge is 2.25. The molecule has 0 unspecified atom stereocenters. The molecular weight excluding hydrogens is 521 g/mol. The maximum atomic E-state index is 12.8. The molecule has 2 aliphatic heterocycles. The largest absolute Gasteiger partial charge is 0.461 e. The van der Waals surface area contributed by atoms with E-state index >= 15 is 0 Å². The average Bonchev–Trinajstić information content (AvgIpc) is 2.89. The lowest BCUT2D eigenvalue weighted by molar-refractivity contribution is 0.0814. The Hall–Kier alpha value is -2.21. The number of benzene rings is 1. The SMILES string of the molecule is Cl.Cl.O.O.O.O.O=C1c2ccccc2OC=C(Cl)N1CCCCN1CC=C(c2ccccn2)CC1. The smallest absolute Gasteiger partial charge is 0.262 e. The highest BCUT2D eigenvalue weighted by Crippen LogP contribution is 2.27. The first-order chi connectivity index (χ1) is 14.2. The van der Waals surface area contributed by atoms with E-state index in [2.05, 4.69) is 22.0 Å². The second kappa shape index (κ2) is 18.1. The fraction of sp³-hybridized carbons (Fsp3) is 0.304. The quantitative estimate of drug-likeness (QED) is 0.393. The fourth-order valence-corrected chi connectivity index (χ4v) is 3.88. The normalized spacial score (nSPS) is 14.2. The molecule has 0 bridgehead atoms. The molecule has 35 heavy (non-hydrogen) atoms. The number of carbonyl (C=O) groups excluding carboxylic acids is 1. The summed E-state index contributed by atoms with van der Waals surface area (Å²) in [5.41, 5.74) is 2.95. The van der Waals surface area contributed by atoms with Crippen molar-refractivity contribution in [3.8, 4) is 5.75 Å². The van der Waals surface area contributed by atoms with E-state index < -0.39 is 0 Å². The third-order valence-electron chi connectivity index (χ3n) is 5.30. The molecular formula is C23H34Cl3N3O6. The van der Waals surface area contributed by atoms with Gasteiger partial charge in [-0.2, -0.15) is 0 Å². The molecule has 1 aromatic heterocycles. The number of para-hydroxylation sites is 1. The minimum absolute atomic E-state index is 0. The first-order valence-corrected chi connectivity index (χ1v) is 10.4. The fourth-order valence-electron chi connectivity index (χ4n) is 3.68. The Bertz CT molecular complexity index is 947. The average molecular weight is 555 g/mol. The summed E-state index contributed by atoms with van der Waals surface area (Å²) in [6.45, 7) is 3.56. The van der Waals surface area contributed by atoms with Crippen LogP contribution >= 0.6 is 36.4 Å². The van der Waals surface area contributed by atoms with Crippen molar-refractivity contribution in [2.75, 3.05) is 26.2 Å². The maximum Gasteiger partial charge on any atom is 0.262 e. The Morgan fingerprint density at radius 3 is 2.29 bits per heavy atom. The first kappa shape index (κ1) is 37.3. The molecule has 0 aliphatic carbocycles. The molecule has 0 saturated carbocycles. The lowest BCUT2D eigenvalue weighted by atomic mass is 10.0. The van der Waals surface area contributed by atoms with Crippen molar-refractivity contribution in [1.29, 1.82) is 0 Å². The van der Waals surface area contributed by atoms with E-state index in [1.165, 1.54) is 11.8 Å². The Morgan fingerprint density at radius 2 is 1.63 bits per heavy atom. The van der Waals surface area contributed by atoms with Crippen molar-refractivity contribution >= 4 is 47.9 Å². The van der Waals surface area contributed by atoms with Gasteiger partial charge < -0.3 is 26.6 Å². The van der Waals surface area contributed by atoms with Crippen LogP contribution in [0.4, 0.5) is 0 Å². The first-order valence-electron chi connectivity index (χ1n) is 9.98. The molecule has 9 nitrogen and oxygen atoms in total. The summed E-state index contributed by atoms with van der Waals surface area (Å²) in [5.74, 6) is 0.433. The summed E-state index contributed by atoms with van der Waals surface area (Å²) < 4.78 is 5.53. The standard InChI is InChI=1S/C23H24ClN3O2.2ClH.4H2O/c24-22-17-29-21-9-2-1-7-19(21)23(28)27(22)14-6-5-13-26-15-10-18(11-16-26)20-8-3-4-12-25-20;;;;;;/h1-4,7-10,12,17H,5-6,11,13-16H2;2*1H;4*1H2. The summed E-state index contributed by atoms with van der Waals surface area (Å²) in [4.78, 5) is 21.3. The van der Waals surface area contributed by atoms with Crippen molar-refractivity contribution in [2.45, 2.75) is 19.3 Å². The molecule has 0 radical (unpaired) electrons. The van der Waals surface area contributed by atoms with Crippen LogP contribution in [0.25, 0.3) is 5.57 Å². The minimum atomic E-state index is -0.111. The Balaban J connectivity index is -0.00000171. The molecule has 0 saturated heterocycles. The van der Waals surface area contributed by atoms with Gasteiger partial charge in [0.15, 0.2) is 0 Å². The van der Waals surface area contributed by atoms with Crippen LogP contribution < -0.4 is 4.74 Å². The summed E-state index contributed by atoms with van der Waals surface area (Å²) in [6.07, 6.45) is 8.46. The van der Waals surface area contributed by atoms with Gasteiger partial charge >= 0.3 is 0 Å². The number of rotatable bonds is 6. The third-order valence-corrected chi connectivity index (χ3v) is 5.59. The number of ether oxygens (including phenoxy) is 1. The number of aromatic nitrogens is 1. The van der Waals surface area contributed by atoms with E-state index in [-0.39, 0.29) is 52.6 Å². The van der Waals surface area contributed by atoms with Crippen LogP contribution in [0.5, 0.6) is 5.75 Å². The van der Waals surface area contributed by atoms with E-state index in [9.17, 15) is 4.79 Å². The van der Waals surface area contributed by atoms with E-state index in [0.717, 1.165) is 44.6 Å². The Labute approximate surface area is 222 Å². The van der Waals surface area contributed by atoms with E-state index in [0.29, 0.717) is 23.0 Å². The number of hydrogen-bond acceptors (Lipinski definition) is 4. The number of hydrogen-bond donors (Lipinski definition) is 0. The molecule has 12 heteroatoms. The van der Waals surface area contributed by atoms with Gasteiger partial charge in [0.2, 0.25) is 0 Å². The monoisotopic (exact) mass is 553 g/mol. The van der Waals surface area contributed by atoms with Crippen molar-refractivity contribution < 1.29 is 31.4 Å². The van der Waals surface area contributed by atoms with Gasteiger partial charge in [-0.05, 0) is 55.6 Å². The zero-order valence-corrected chi connectivity index (χ0v) is 21.5. The summed E-state index contributed by atoms with van der Waals surface area (Å²) in [7, 11) is 0. The van der Waals surface area contributed by atoms with Gasteiger partial charge in [-0.25, -0.2) is 0 Å². The van der Waals surface area contributed by atoms with E-state index in [4.69, 9.17) is 16.3 Å². The van der Waals surface area contributed by atoms with Crippen molar-refractivity contribution in [3.63, 3.8) is 0 Å². The molecule has 0 atom stereocenters. The molecule has 4 rings (SSSR count). The maximum absolute atomic E-state index is 12.8. The number of carbonyl (C=O) groups is 1. The van der Waals surface area contributed by atoms with E-state index in [1.807, 2.05) is 30.5 Å². The van der Waals surface area contributed by atoms with Crippen LogP contribution in [0.15, 0.2) is 66.2 Å². The van der Waals surface area contributed by atoms with Crippen molar-refractivity contribution in [1.82, 2.24) is 14.8 Å². The highest BCUT2D eigenvalue weighted by atomic mass is 35.5. The van der Waals surface area contributed by atoms with Crippen LogP contribution in [0.1, 0.15) is 35.3 Å². The zero-order valence-electron chi connectivity index (χ0n) is 19.1. The summed E-state index contributed by atoms with van der Waals surface area (Å²) in [5, 5.41) is 0.326. The van der Waals surface area contributed by atoms with Gasteiger partial charge in [0, 0.05) is 25.8 Å². The molecule has 1 aromatic carbocycles. The molecule has 198 valence electrons. The number of unbranched alkanes of at least 4 members (excludes halogenated alkanes) is 1. The number of halogens is 3. The van der Waals surface area contributed by atoms with Gasteiger partial charge in [0.05, 0.1) is 11.3 Å². The highest BCUT2D eigenvalue weighted by molar-refractivity contribution is 6.30. The van der Waals surface area contributed by atoms with Crippen LogP contribution in [0.3, 0.4) is 0 Å². The van der Waals surface area contributed by atoms with Gasteiger partial charge in [-0.15, -0.1) is 24.8 Å². The van der Waals surface area contributed by atoms with E-state index in [1.54, 1.807) is 17.0 Å². The van der Waals surface area contributed by atoms with Crippen LogP contribution in [-0.2, 0) is 0 Å². The van der Waals surface area contributed by atoms with Gasteiger partial charge in [0.25, 0.3) is 5.91 Å². The summed E-state index contributed by atoms with van der Waals surface area (Å²) >= 11 is 6.29. The lowest BCUT2D eigenvalue weighted by Gasteiger charge is -2.26. The van der Waals surface area contributed by atoms with Crippen LogP contribution in [-0.4, -0.2) is 68.8 Å².